The Morgan fingerprint density at radius 2 is 1.78 bits per heavy atom. The Kier molecular flexibility index (Phi) is 5.92. The predicted octanol–water partition coefficient (Wildman–Crippen LogP) is 3.74. The summed E-state index contributed by atoms with van der Waals surface area (Å²) in [5, 5.41) is 0. The molecule has 0 bridgehead atoms. The first-order chi connectivity index (χ1) is 12.8. The number of hydrogen-bond donors (Lipinski definition) is 0. The molecule has 5 nitrogen and oxygen atoms in total. The van der Waals surface area contributed by atoms with Crippen molar-refractivity contribution in [1.82, 2.24) is 4.90 Å². The molecule has 0 radical (unpaired) electrons. The normalized spacial score (nSPS) is 21.0. The largest absolute Gasteiger partial charge is 0.448 e. The number of amides is 1. The molecule has 0 saturated carbocycles. The molecular formula is C20H22FNO4S. The number of esters is 1. The lowest BCUT2D eigenvalue weighted by molar-refractivity contribution is -0.151. The van der Waals surface area contributed by atoms with Crippen molar-refractivity contribution >= 4 is 23.2 Å². The van der Waals surface area contributed by atoms with Gasteiger partial charge < -0.3 is 14.4 Å². The zero-order valence-corrected chi connectivity index (χ0v) is 16.3. The second kappa shape index (κ2) is 8.19. The molecule has 2 aromatic rings. The molecule has 1 aromatic heterocycles. The van der Waals surface area contributed by atoms with E-state index in [2.05, 4.69) is 0 Å². The van der Waals surface area contributed by atoms with Crippen LogP contribution >= 0.6 is 11.3 Å². The molecule has 1 saturated heterocycles. The van der Waals surface area contributed by atoms with Crippen molar-refractivity contribution in [3.63, 3.8) is 0 Å². The summed E-state index contributed by atoms with van der Waals surface area (Å²) in [6.45, 7) is 6.38. The third-order valence-corrected chi connectivity index (χ3v) is 5.41. The van der Waals surface area contributed by atoms with Gasteiger partial charge in [0, 0.05) is 18.0 Å². The summed E-state index contributed by atoms with van der Waals surface area (Å²) in [7, 11) is 0. The maximum absolute atomic E-state index is 13.0. The number of halogens is 1. The van der Waals surface area contributed by atoms with Gasteiger partial charge in [-0.1, -0.05) is 12.1 Å². The van der Waals surface area contributed by atoms with Crippen molar-refractivity contribution in [1.29, 1.82) is 0 Å². The average molecular weight is 391 g/mol. The Hall–Kier alpha value is -2.25. The van der Waals surface area contributed by atoms with E-state index in [1.54, 1.807) is 36.1 Å². The minimum absolute atomic E-state index is 0.0452. The molecule has 7 heteroatoms. The number of ether oxygens (including phenoxy) is 2. The number of thiophene rings is 1. The molecule has 3 rings (SSSR count). The van der Waals surface area contributed by atoms with E-state index < -0.39 is 12.1 Å². The van der Waals surface area contributed by atoms with E-state index in [-0.39, 0.29) is 23.9 Å². The van der Waals surface area contributed by atoms with Crippen molar-refractivity contribution < 1.29 is 23.5 Å². The van der Waals surface area contributed by atoms with Gasteiger partial charge in [0.2, 0.25) is 0 Å². The Bertz CT molecular complexity index is 810. The molecule has 0 spiro atoms. The smallest absolute Gasteiger partial charge is 0.349 e. The van der Waals surface area contributed by atoms with E-state index in [1.807, 2.05) is 13.8 Å². The minimum atomic E-state index is -0.869. The van der Waals surface area contributed by atoms with Crippen molar-refractivity contribution in [2.45, 2.75) is 39.1 Å². The average Bonchev–Trinajstić information content (AvgIpc) is 3.11. The van der Waals surface area contributed by atoms with Crippen LogP contribution in [0.2, 0.25) is 0 Å². The Morgan fingerprint density at radius 1 is 1.15 bits per heavy atom. The summed E-state index contributed by atoms with van der Waals surface area (Å²) in [4.78, 5) is 27.9. The number of morpholine rings is 1. The van der Waals surface area contributed by atoms with Crippen LogP contribution in [0, 0.1) is 5.82 Å². The van der Waals surface area contributed by atoms with Gasteiger partial charge >= 0.3 is 5.97 Å². The van der Waals surface area contributed by atoms with E-state index in [1.165, 1.54) is 23.5 Å². The highest BCUT2D eigenvalue weighted by Gasteiger charge is 2.30. The van der Waals surface area contributed by atoms with E-state index in [0.29, 0.717) is 18.0 Å². The van der Waals surface area contributed by atoms with Crippen molar-refractivity contribution in [3.05, 3.63) is 47.1 Å². The maximum atomic E-state index is 13.0. The van der Waals surface area contributed by atoms with E-state index >= 15 is 0 Å². The zero-order valence-electron chi connectivity index (χ0n) is 15.5. The third-order valence-electron chi connectivity index (χ3n) is 4.30. The van der Waals surface area contributed by atoms with Crippen molar-refractivity contribution in [2.24, 2.45) is 0 Å². The lowest BCUT2D eigenvalue weighted by Crippen LogP contribution is -2.51. The lowest BCUT2D eigenvalue weighted by Gasteiger charge is -2.36. The van der Waals surface area contributed by atoms with Gasteiger partial charge in [-0.15, -0.1) is 11.3 Å². The number of rotatable bonds is 4. The van der Waals surface area contributed by atoms with Crippen LogP contribution in [0.4, 0.5) is 4.39 Å². The fourth-order valence-corrected chi connectivity index (χ4v) is 4.00. The molecule has 0 aliphatic carbocycles. The Labute approximate surface area is 161 Å². The number of benzene rings is 1. The van der Waals surface area contributed by atoms with Gasteiger partial charge in [-0.2, -0.15) is 0 Å². The number of carbonyl (C=O) groups excluding carboxylic acids is 2. The van der Waals surface area contributed by atoms with Gasteiger partial charge in [0.15, 0.2) is 6.10 Å². The Morgan fingerprint density at radius 3 is 2.41 bits per heavy atom. The second-order valence-corrected chi connectivity index (χ2v) is 7.80. The lowest BCUT2D eigenvalue weighted by atomic mass is 10.2. The molecule has 2 heterocycles. The highest BCUT2D eigenvalue weighted by atomic mass is 32.1. The molecular weight excluding hydrogens is 369 g/mol. The van der Waals surface area contributed by atoms with E-state index in [0.717, 1.165) is 10.4 Å². The summed E-state index contributed by atoms with van der Waals surface area (Å²) in [5.74, 6) is -1.07. The quantitative estimate of drug-likeness (QED) is 0.745. The van der Waals surface area contributed by atoms with Crippen molar-refractivity contribution in [2.75, 3.05) is 13.1 Å². The first-order valence-corrected chi connectivity index (χ1v) is 9.66. The second-order valence-electron chi connectivity index (χ2n) is 6.72. The molecule has 1 amide bonds. The van der Waals surface area contributed by atoms with Crippen LogP contribution in [0.3, 0.4) is 0 Å². The molecule has 1 aliphatic rings. The maximum Gasteiger partial charge on any atom is 0.349 e. The van der Waals surface area contributed by atoms with E-state index in [4.69, 9.17) is 9.47 Å². The standard InChI is InChI=1S/C20H22FNO4S/c1-12-10-22(11-13(2)25-12)19(23)14(3)26-20(24)18-9-8-17(27-18)15-4-6-16(21)7-5-15/h4-9,12-14H,10-11H2,1-3H3. The molecule has 27 heavy (non-hydrogen) atoms. The molecule has 144 valence electrons. The summed E-state index contributed by atoms with van der Waals surface area (Å²) in [5.41, 5.74) is 0.820. The monoisotopic (exact) mass is 391 g/mol. The molecule has 3 atom stereocenters. The summed E-state index contributed by atoms with van der Waals surface area (Å²) in [6, 6.07) is 9.50. The molecule has 1 fully saturated rings. The van der Waals surface area contributed by atoms with E-state index in [9.17, 15) is 14.0 Å². The predicted molar refractivity (Wildman–Crippen MR) is 101 cm³/mol. The first-order valence-electron chi connectivity index (χ1n) is 8.84. The van der Waals surface area contributed by atoms with Gasteiger partial charge in [-0.3, -0.25) is 4.79 Å². The van der Waals surface area contributed by atoms with Crippen LogP contribution in [0.1, 0.15) is 30.4 Å². The molecule has 1 aromatic carbocycles. The van der Waals surface area contributed by atoms with Gasteiger partial charge in [-0.25, -0.2) is 9.18 Å². The van der Waals surface area contributed by atoms with Crippen LogP contribution in [0.15, 0.2) is 36.4 Å². The van der Waals surface area contributed by atoms with Crippen molar-refractivity contribution in [3.8, 4) is 10.4 Å². The third kappa shape index (κ3) is 4.73. The SMILES string of the molecule is CC1CN(C(=O)C(C)OC(=O)c2ccc(-c3ccc(F)cc3)s2)CC(C)O1. The fourth-order valence-electron chi connectivity index (χ4n) is 3.10. The Balaban J connectivity index is 1.63. The van der Waals surface area contributed by atoms with Crippen LogP contribution in [-0.4, -0.2) is 48.2 Å². The summed E-state index contributed by atoms with van der Waals surface area (Å²) in [6.07, 6.45) is -0.960. The zero-order chi connectivity index (χ0) is 19.6. The summed E-state index contributed by atoms with van der Waals surface area (Å²) < 4.78 is 24.0. The van der Waals surface area contributed by atoms with Crippen LogP contribution in [0.5, 0.6) is 0 Å². The number of hydrogen-bond acceptors (Lipinski definition) is 5. The van der Waals surface area contributed by atoms with Gasteiger partial charge in [0.1, 0.15) is 10.7 Å². The van der Waals surface area contributed by atoms with Crippen LogP contribution in [0.25, 0.3) is 10.4 Å². The molecule has 3 unspecified atom stereocenters. The van der Waals surface area contributed by atoms with Gasteiger partial charge in [0.25, 0.3) is 5.91 Å². The highest BCUT2D eigenvalue weighted by Crippen LogP contribution is 2.29. The van der Waals surface area contributed by atoms with Gasteiger partial charge in [0.05, 0.1) is 12.2 Å². The molecule has 0 N–H and O–H groups in total. The first kappa shape index (κ1) is 19.5. The molecule has 1 aliphatic heterocycles. The topological polar surface area (TPSA) is 55.8 Å². The van der Waals surface area contributed by atoms with Crippen LogP contribution in [-0.2, 0) is 14.3 Å². The highest BCUT2D eigenvalue weighted by molar-refractivity contribution is 7.17. The number of nitrogens with zero attached hydrogens (tertiary/aromatic N) is 1. The summed E-state index contributed by atoms with van der Waals surface area (Å²) >= 11 is 1.25. The fraction of sp³-hybridized carbons (Fsp3) is 0.400. The number of carbonyl (C=O) groups is 2. The minimum Gasteiger partial charge on any atom is -0.448 e. The van der Waals surface area contributed by atoms with Gasteiger partial charge in [-0.05, 0) is 50.6 Å². The van der Waals surface area contributed by atoms with Crippen LogP contribution < -0.4 is 0 Å².